The van der Waals surface area contributed by atoms with Crippen LogP contribution in [0.25, 0.3) is 0 Å². The number of anilines is 1. The molecule has 0 spiro atoms. The Balaban J connectivity index is 2.18. The van der Waals surface area contributed by atoms with Gasteiger partial charge in [0.2, 0.25) is 0 Å². The summed E-state index contributed by atoms with van der Waals surface area (Å²) in [5, 5.41) is 12.6. The average molecular weight is 325 g/mol. The van der Waals surface area contributed by atoms with E-state index in [2.05, 4.69) is 38.2 Å². The number of para-hydroxylation sites is 1. The van der Waals surface area contributed by atoms with Gasteiger partial charge in [-0.3, -0.25) is 4.79 Å². The first kappa shape index (κ1) is 18.1. The first-order chi connectivity index (χ1) is 11.4. The minimum absolute atomic E-state index is 0.169. The molecular weight excluding hydrogens is 298 g/mol. The Morgan fingerprint density at radius 3 is 2.62 bits per heavy atom. The van der Waals surface area contributed by atoms with E-state index in [1.54, 1.807) is 11.1 Å². The second-order valence-corrected chi connectivity index (χ2v) is 6.98. The van der Waals surface area contributed by atoms with Crippen LogP contribution >= 0.6 is 0 Å². The summed E-state index contributed by atoms with van der Waals surface area (Å²) in [6.07, 6.45) is 3.58. The summed E-state index contributed by atoms with van der Waals surface area (Å²) in [6, 6.07) is 8.20. The van der Waals surface area contributed by atoms with Gasteiger partial charge in [-0.15, -0.1) is 0 Å². The average Bonchev–Trinajstić information content (AvgIpc) is 2.56. The molecule has 1 aromatic rings. The summed E-state index contributed by atoms with van der Waals surface area (Å²) >= 11 is 0. The number of nitrogens with one attached hydrogen (secondary N) is 1. The second kappa shape index (κ2) is 8.01. The smallest absolute Gasteiger partial charge is 0.266 e. The van der Waals surface area contributed by atoms with Crippen molar-refractivity contribution in [3.8, 4) is 6.07 Å². The van der Waals surface area contributed by atoms with Gasteiger partial charge >= 0.3 is 0 Å². The van der Waals surface area contributed by atoms with Crippen LogP contribution in [0.4, 0.5) is 5.69 Å². The van der Waals surface area contributed by atoms with Gasteiger partial charge in [0, 0.05) is 25.0 Å². The zero-order chi connectivity index (χ0) is 17.7. The molecule has 0 bridgehead atoms. The third kappa shape index (κ3) is 4.17. The number of piperidine rings is 1. The van der Waals surface area contributed by atoms with Crippen molar-refractivity contribution in [2.45, 2.75) is 46.5 Å². The molecule has 2 rings (SSSR count). The van der Waals surface area contributed by atoms with Crippen molar-refractivity contribution in [2.75, 3.05) is 18.4 Å². The van der Waals surface area contributed by atoms with Gasteiger partial charge in [0.05, 0.1) is 0 Å². The maximum Gasteiger partial charge on any atom is 0.266 e. The minimum Gasteiger partial charge on any atom is -0.360 e. The van der Waals surface area contributed by atoms with Gasteiger partial charge in [0.15, 0.2) is 0 Å². The SMILES string of the molecule is Cc1cccc(C(C)C)c1N/C=C(/C#N)C(=O)N1CCC(C)CC1. The first-order valence-corrected chi connectivity index (χ1v) is 8.69. The predicted molar refractivity (Wildman–Crippen MR) is 97.6 cm³/mol. The van der Waals surface area contributed by atoms with Crippen LogP contribution in [0.2, 0.25) is 0 Å². The zero-order valence-corrected chi connectivity index (χ0v) is 15.1. The highest BCUT2D eigenvalue weighted by atomic mass is 16.2. The molecule has 1 N–H and O–H groups in total. The van der Waals surface area contributed by atoms with Gasteiger partial charge in [0.25, 0.3) is 5.91 Å². The number of rotatable bonds is 4. The number of hydrogen-bond acceptors (Lipinski definition) is 3. The molecule has 1 saturated heterocycles. The number of carbonyl (C=O) groups excluding carboxylic acids is 1. The standard InChI is InChI=1S/C20H27N3O/c1-14(2)18-7-5-6-16(4)19(18)22-13-17(12-21)20(24)23-10-8-15(3)9-11-23/h5-7,13-15,22H,8-11H2,1-4H3/b17-13-. The lowest BCUT2D eigenvalue weighted by Gasteiger charge is -2.30. The van der Waals surface area contributed by atoms with Crippen molar-refractivity contribution >= 4 is 11.6 Å². The monoisotopic (exact) mass is 325 g/mol. The summed E-state index contributed by atoms with van der Waals surface area (Å²) in [7, 11) is 0. The zero-order valence-electron chi connectivity index (χ0n) is 15.1. The number of nitrogens with zero attached hydrogens (tertiary/aromatic N) is 2. The minimum atomic E-state index is -0.170. The molecular formula is C20H27N3O. The Morgan fingerprint density at radius 2 is 2.04 bits per heavy atom. The molecule has 128 valence electrons. The van der Waals surface area contributed by atoms with Crippen molar-refractivity contribution in [1.82, 2.24) is 4.90 Å². The van der Waals surface area contributed by atoms with E-state index in [-0.39, 0.29) is 11.5 Å². The van der Waals surface area contributed by atoms with Gasteiger partial charge < -0.3 is 10.2 Å². The maximum absolute atomic E-state index is 12.6. The van der Waals surface area contributed by atoms with E-state index in [0.717, 1.165) is 37.2 Å². The maximum atomic E-state index is 12.6. The molecule has 4 nitrogen and oxygen atoms in total. The molecule has 1 fully saturated rings. The van der Waals surface area contributed by atoms with Crippen LogP contribution in [0.5, 0.6) is 0 Å². The van der Waals surface area contributed by atoms with Crippen LogP contribution in [-0.4, -0.2) is 23.9 Å². The Kier molecular flexibility index (Phi) is 6.03. The quantitative estimate of drug-likeness (QED) is 0.667. The molecule has 1 heterocycles. The van der Waals surface area contributed by atoms with Crippen molar-refractivity contribution in [2.24, 2.45) is 5.92 Å². The Labute approximate surface area is 145 Å². The van der Waals surface area contributed by atoms with Gasteiger partial charge in [-0.05, 0) is 42.7 Å². The molecule has 1 amide bonds. The van der Waals surface area contributed by atoms with Crippen LogP contribution < -0.4 is 5.32 Å². The van der Waals surface area contributed by atoms with E-state index in [1.165, 1.54) is 5.56 Å². The van der Waals surface area contributed by atoms with E-state index < -0.39 is 0 Å². The van der Waals surface area contributed by atoms with Gasteiger partial charge in [-0.25, -0.2) is 0 Å². The molecule has 0 unspecified atom stereocenters. The largest absolute Gasteiger partial charge is 0.360 e. The van der Waals surface area contributed by atoms with E-state index in [0.29, 0.717) is 11.8 Å². The van der Waals surface area contributed by atoms with Crippen LogP contribution in [-0.2, 0) is 4.79 Å². The van der Waals surface area contributed by atoms with E-state index >= 15 is 0 Å². The van der Waals surface area contributed by atoms with Crippen LogP contribution in [0.15, 0.2) is 30.0 Å². The Hall–Kier alpha value is -2.28. The lowest BCUT2D eigenvalue weighted by Crippen LogP contribution is -2.38. The highest BCUT2D eigenvalue weighted by Crippen LogP contribution is 2.27. The molecule has 1 aliphatic rings. The topological polar surface area (TPSA) is 56.1 Å². The predicted octanol–water partition coefficient (Wildman–Crippen LogP) is 4.20. The van der Waals surface area contributed by atoms with Crippen molar-refractivity contribution < 1.29 is 4.79 Å². The highest BCUT2D eigenvalue weighted by molar-refractivity contribution is 5.97. The molecule has 1 aliphatic heterocycles. The number of hydrogen-bond donors (Lipinski definition) is 1. The number of amides is 1. The molecule has 0 radical (unpaired) electrons. The fourth-order valence-electron chi connectivity index (χ4n) is 3.04. The van der Waals surface area contributed by atoms with E-state index in [4.69, 9.17) is 0 Å². The molecule has 0 saturated carbocycles. The third-order valence-corrected chi connectivity index (χ3v) is 4.71. The first-order valence-electron chi connectivity index (χ1n) is 8.69. The summed E-state index contributed by atoms with van der Waals surface area (Å²) in [6.45, 7) is 9.98. The van der Waals surface area contributed by atoms with Crippen molar-refractivity contribution in [3.05, 3.63) is 41.1 Å². The number of benzene rings is 1. The number of carbonyl (C=O) groups is 1. The van der Waals surface area contributed by atoms with Gasteiger partial charge in [-0.1, -0.05) is 39.0 Å². The molecule has 0 aliphatic carbocycles. The summed E-state index contributed by atoms with van der Waals surface area (Å²) in [4.78, 5) is 14.3. The molecule has 24 heavy (non-hydrogen) atoms. The Bertz CT molecular complexity index is 662. The highest BCUT2D eigenvalue weighted by Gasteiger charge is 2.23. The molecule has 0 aromatic heterocycles. The third-order valence-electron chi connectivity index (χ3n) is 4.71. The van der Waals surface area contributed by atoms with Crippen LogP contribution in [0.3, 0.4) is 0 Å². The van der Waals surface area contributed by atoms with Crippen LogP contribution in [0, 0.1) is 24.2 Å². The van der Waals surface area contributed by atoms with Crippen molar-refractivity contribution in [1.29, 1.82) is 5.26 Å². The second-order valence-electron chi connectivity index (χ2n) is 6.98. The molecule has 4 heteroatoms. The lowest BCUT2D eigenvalue weighted by molar-refractivity contribution is -0.128. The number of likely N-dealkylation sites (tertiary alicyclic amines) is 1. The summed E-state index contributed by atoms with van der Waals surface area (Å²) in [5.74, 6) is 0.851. The summed E-state index contributed by atoms with van der Waals surface area (Å²) in [5.41, 5.74) is 3.44. The van der Waals surface area contributed by atoms with Gasteiger partial charge in [0.1, 0.15) is 11.6 Å². The number of nitriles is 1. The fourth-order valence-corrected chi connectivity index (χ4v) is 3.04. The van der Waals surface area contributed by atoms with E-state index in [9.17, 15) is 10.1 Å². The van der Waals surface area contributed by atoms with Crippen molar-refractivity contribution in [3.63, 3.8) is 0 Å². The van der Waals surface area contributed by atoms with E-state index in [1.807, 2.05) is 19.1 Å². The lowest BCUT2D eigenvalue weighted by atomic mass is 9.98. The normalized spacial score (nSPS) is 16.2. The van der Waals surface area contributed by atoms with Crippen LogP contribution in [0.1, 0.15) is 50.7 Å². The number of aryl methyl sites for hydroxylation is 1. The molecule has 1 aromatic carbocycles. The van der Waals surface area contributed by atoms with Gasteiger partial charge in [-0.2, -0.15) is 5.26 Å². The fraction of sp³-hybridized carbons (Fsp3) is 0.500. The Morgan fingerprint density at radius 1 is 1.38 bits per heavy atom. The molecule has 0 atom stereocenters. The summed E-state index contributed by atoms with van der Waals surface area (Å²) < 4.78 is 0.